The van der Waals surface area contributed by atoms with Crippen LogP contribution in [0.2, 0.25) is 0 Å². The molecule has 0 saturated carbocycles. The van der Waals surface area contributed by atoms with Crippen molar-refractivity contribution in [2.45, 2.75) is 38.2 Å². The van der Waals surface area contributed by atoms with Crippen molar-refractivity contribution in [3.05, 3.63) is 17.8 Å². The van der Waals surface area contributed by atoms with Crippen LogP contribution in [0.15, 0.2) is 12.3 Å². The number of hydrogen-bond donors (Lipinski definition) is 2. The maximum Gasteiger partial charge on any atom is 0.253 e. The van der Waals surface area contributed by atoms with Crippen molar-refractivity contribution in [2.24, 2.45) is 5.92 Å². The molecule has 2 N–H and O–H groups in total. The summed E-state index contributed by atoms with van der Waals surface area (Å²) in [6, 6.07) is 1.77. The Morgan fingerprint density at radius 3 is 2.89 bits per heavy atom. The molecule has 8 nitrogen and oxygen atoms in total. The van der Waals surface area contributed by atoms with Gasteiger partial charge in [0.15, 0.2) is 0 Å². The highest BCUT2D eigenvalue weighted by molar-refractivity contribution is 6.04. The SMILES string of the molecule is O=C(NCC1CCCCO1)c1cnc2c(c1)N(CC1CCOCC1)C(=O)CN2. The molecule has 3 aliphatic rings. The summed E-state index contributed by atoms with van der Waals surface area (Å²) in [5.74, 6) is 0.880. The van der Waals surface area contributed by atoms with Gasteiger partial charge in [-0.1, -0.05) is 0 Å². The smallest absolute Gasteiger partial charge is 0.253 e. The van der Waals surface area contributed by atoms with Crippen molar-refractivity contribution < 1.29 is 19.1 Å². The van der Waals surface area contributed by atoms with Gasteiger partial charge in [-0.2, -0.15) is 0 Å². The predicted molar refractivity (Wildman–Crippen MR) is 105 cm³/mol. The maximum absolute atomic E-state index is 12.6. The lowest BCUT2D eigenvalue weighted by Gasteiger charge is -2.33. The van der Waals surface area contributed by atoms with Gasteiger partial charge in [-0.3, -0.25) is 9.59 Å². The van der Waals surface area contributed by atoms with Gasteiger partial charge < -0.3 is 25.0 Å². The van der Waals surface area contributed by atoms with Crippen molar-refractivity contribution >= 4 is 23.3 Å². The second kappa shape index (κ2) is 8.87. The third-order valence-electron chi connectivity index (χ3n) is 5.67. The molecule has 28 heavy (non-hydrogen) atoms. The highest BCUT2D eigenvalue weighted by Gasteiger charge is 2.29. The van der Waals surface area contributed by atoms with Crippen molar-refractivity contribution in [3.8, 4) is 0 Å². The van der Waals surface area contributed by atoms with Gasteiger partial charge in [-0.05, 0) is 44.1 Å². The largest absolute Gasteiger partial charge is 0.381 e. The summed E-state index contributed by atoms with van der Waals surface area (Å²) in [5.41, 5.74) is 1.15. The molecule has 2 fully saturated rings. The zero-order valence-corrected chi connectivity index (χ0v) is 16.1. The summed E-state index contributed by atoms with van der Waals surface area (Å²) >= 11 is 0. The number of hydrogen-bond acceptors (Lipinski definition) is 6. The minimum absolute atomic E-state index is 0.00829. The number of pyridine rings is 1. The number of carbonyl (C=O) groups is 2. The average molecular weight is 388 g/mol. The lowest BCUT2D eigenvalue weighted by Crippen LogP contribution is -2.44. The first-order valence-corrected chi connectivity index (χ1v) is 10.2. The van der Waals surface area contributed by atoms with Gasteiger partial charge in [0.2, 0.25) is 5.91 Å². The quantitative estimate of drug-likeness (QED) is 0.795. The summed E-state index contributed by atoms with van der Waals surface area (Å²) in [7, 11) is 0. The monoisotopic (exact) mass is 388 g/mol. The van der Waals surface area contributed by atoms with E-state index in [1.165, 1.54) is 0 Å². The molecular formula is C20H28N4O4. The molecule has 1 unspecified atom stereocenters. The summed E-state index contributed by atoms with van der Waals surface area (Å²) in [4.78, 5) is 31.3. The van der Waals surface area contributed by atoms with Crippen LogP contribution >= 0.6 is 0 Å². The van der Waals surface area contributed by atoms with E-state index in [4.69, 9.17) is 9.47 Å². The normalized spacial score (nSPS) is 23.1. The fraction of sp³-hybridized carbons (Fsp3) is 0.650. The number of aromatic nitrogens is 1. The zero-order valence-electron chi connectivity index (χ0n) is 16.1. The van der Waals surface area contributed by atoms with Gasteiger partial charge in [0.1, 0.15) is 5.82 Å². The molecule has 0 bridgehead atoms. The molecule has 0 aromatic carbocycles. The first-order valence-electron chi connectivity index (χ1n) is 10.2. The number of amides is 2. The number of rotatable bonds is 5. The Morgan fingerprint density at radius 2 is 2.11 bits per heavy atom. The fourth-order valence-electron chi connectivity index (χ4n) is 3.97. The first-order chi connectivity index (χ1) is 13.7. The topological polar surface area (TPSA) is 92.8 Å². The third-order valence-corrected chi connectivity index (χ3v) is 5.67. The van der Waals surface area contributed by atoms with E-state index in [9.17, 15) is 9.59 Å². The molecule has 0 aliphatic carbocycles. The maximum atomic E-state index is 12.6. The molecule has 1 aromatic heterocycles. The molecule has 0 spiro atoms. The van der Waals surface area contributed by atoms with Gasteiger partial charge in [0, 0.05) is 39.1 Å². The number of nitrogens with one attached hydrogen (secondary N) is 2. The van der Waals surface area contributed by atoms with Gasteiger partial charge in [-0.15, -0.1) is 0 Å². The van der Waals surface area contributed by atoms with Crippen LogP contribution in [0.1, 0.15) is 42.5 Å². The van der Waals surface area contributed by atoms with E-state index in [1.807, 2.05) is 0 Å². The van der Waals surface area contributed by atoms with Crippen LogP contribution in [0.4, 0.5) is 11.5 Å². The fourth-order valence-corrected chi connectivity index (χ4v) is 3.97. The molecule has 2 saturated heterocycles. The van der Waals surface area contributed by atoms with Gasteiger partial charge in [0.05, 0.1) is 23.9 Å². The van der Waals surface area contributed by atoms with Crippen LogP contribution in [0.25, 0.3) is 0 Å². The van der Waals surface area contributed by atoms with Crippen LogP contribution in [-0.2, 0) is 14.3 Å². The summed E-state index contributed by atoms with van der Waals surface area (Å²) < 4.78 is 11.1. The predicted octanol–water partition coefficient (Wildman–Crippen LogP) is 1.57. The number of fused-ring (bicyclic) bond motifs is 1. The number of nitrogens with zero attached hydrogens (tertiary/aromatic N) is 2. The van der Waals surface area contributed by atoms with E-state index in [1.54, 1.807) is 17.2 Å². The molecular weight excluding hydrogens is 360 g/mol. The third kappa shape index (κ3) is 4.44. The zero-order chi connectivity index (χ0) is 19.3. The average Bonchev–Trinajstić information content (AvgIpc) is 2.75. The lowest BCUT2D eigenvalue weighted by molar-refractivity contribution is -0.117. The number of carbonyl (C=O) groups excluding carboxylic acids is 2. The molecule has 8 heteroatoms. The molecule has 3 aliphatic heterocycles. The Morgan fingerprint density at radius 1 is 1.25 bits per heavy atom. The van der Waals surface area contributed by atoms with Crippen LogP contribution in [-0.4, -0.2) is 62.4 Å². The van der Waals surface area contributed by atoms with Gasteiger partial charge in [-0.25, -0.2) is 4.98 Å². The number of anilines is 2. The second-order valence-corrected chi connectivity index (χ2v) is 7.70. The van der Waals surface area contributed by atoms with Crippen molar-refractivity contribution in [2.75, 3.05) is 49.7 Å². The lowest BCUT2D eigenvalue weighted by atomic mass is 9.99. The van der Waals surface area contributed by atoms with Crippen LogP contribution < -0.4 is 15.5 Å². The van der Waals surface area contributed by atoms with Gasteiger partial charge >= 0.3 is 0 Å². The Labute approximate surface area is 165 Å². The second-order valence-electron chi connectivity index (χ2n) is 7.70. The van der Waals surface area contributed by atoms with E-state index in [-0.39, 0.29) is 24.5 Å². The van der Waals surface area contributed by atoms with E-state index >= 15 is 0 Å². The minimum atomic E-state index is -0.187. The highest BCUT2D eigenvalue weighted by atomic mass is 16.5. The van der Waals surface area contributed by atoms with Crippen LogP contribution in [0, 0.1) is 5.92 Å². The Hall–Kier alpha value is -2.19. The molecule has 152 valence electrons. The molecule has 4 rings (SSSR count). The van der Waals surface area contributed by atoms with E-state index in [0.29, 0.717) is 36.1 Å². The van der Waals surface area contributed by atoms with Gasteiger partial charge in [0.25, 0.3) is 5.91 Å². The Bertz CT molecular complexity index is 714. The van der Waals surface area contributed by atoms with E-state index in [2.05, 4.69) is 15.6 Å². The summed E-state index contributed by atoms with van der Waals surface area (Å²) in [6.07, 6.45) is 6.73. The van der Waals surface area contributed by atoms with Crippen LogP contribution in [0.3, 0.4) is 0 Å². The molecule has 4 heterocycles. The minimum Gasteiger partial charge on any atom is -0.381 e. The van der Waals surface area contributed by atoms with E-state index in [0.717, 1.165) is 51.9 Å². The Balaban J connectivity index is 1.45. The standard InChI is InChI=1S/C20H28N4O4/c25-18-12-22-19-17(24(18)13-14-4-7-27-8-5-14)9-15(10-21-19)20(26)23-11-16-3-1-2-6-28-16/h9-10,14,16H,1-8,11-13H2,(H,21,22)(H,23,26). The molecule has 2 amide bonds. The van der Waals surface area contributed by atoms with Crippen molar-refractivity contribution in [3.63, 3.8) is 0 Å². The summed E-state index contributed by atoms with van der Waals surface area (Å²) in [5, 5.41) is 5.99. The molecule has 1 aromatic rings. The molecule has 0 radical (unpaired) electrons. The van der Waals surface area contributed by atoms with Crippen LogP contribution in [0.5, 0.6) is 0 Å². The Kier molecular flexibility index (Phi) is 6.07. The highest BCUT2D eigenvalue weighted by Crippen LogP contribution is 2.30. The molecule has 1 atom stereocenters. The van der Waals surface area contributed by atoms with E-state index < -0.39 is 0 Å². The van der Waals surface area contributed by atoms with Crippen molar-refractivity contribution in [1.29, 1.82) is 0 Å². The first kappa shape index (κ1) is 19.1. The summed E-state index contributed by atoms with van der Waals surface area (Å²) in [6.45, 7) is 3.60. The number of ether oxygens (including phenoxy) is 2. The van der Waals surface area contributed by atoms with Crippen molar-refractivity contribution in [1.82, 2.24) is 10.3 Å².